The third-order valence-corrected chi connectivity index (χ3v) is 5.73. The fraction of sp³-hybridized carbons (Fsp3) is 0.217. The van der Waals surface area contributed by atoms with Crippen molar-refractivity contribution >= 4 is 18.1 Å². The summed E-state index contributed by atoms with van der Waals surface area (Å²) in [4.78, 5) is 13.1. The van der Waals surface area contributed by atoms with Gasteiger partial charge in [-0.2, -0.15) is 10.2 Å². The second-order valence-electron chi connectivity index (χ2n) is 7.48. The molecule has 8 heteroatoms. The molecule has 0 aliphatic heterocycles. The van der Waals surface area contributed by atoms with Gasteiger partial charge in [-0.25, -0.2) is 4.68 Å². The van der Waals surface area contributed by atoms with E-state index in [0.717, 1.165) is 22.6 Å². The molecular formula is C23H24N6OS. The summed E-state index contributed by atoms with van der Waals surface area (Å²) in [6, 6.07) is 15.9. The highest BCUT2D eigenvalue weighted by Crippen LogP contribution is 2.26. The molecule has 4 aromatic rings. The third-order valence-electron chi connectivity index (χ3n) is 5.37. The number of nitrogens with one attached hydrogen (secondary N) is 2. The highest BCUT2D eigenvalue weighted by atomic mass is 32.1. The van der Waals surface area contributed by atoms with Gasteiger partial charge in [0.2, 0.25) is 0 Å². The fourth-order valence-electron chi connectivity index (χ4n) is 3.34. The number of aryl methyl sites for hydroxylation is 2. The van der Waals surface area contributed by atoms with Gasteiger partial charge >= 0.3 is 0 Å². The largest absolute Gasteiger partial charge is 0.351 e. The van der Waals surface area contributed by atoms with Crippen LogP contribution in [0.15, 0.2) is 54.7 Å². The number of hydrogen-bond acceptors (Lipinski definition) is 4. The fourth-order valence-corrected chi connectivity index (χ4v) is 3.49. The van der Waals surface area contributed by atoms with Gasteiger partial charge in [-0.15, -0.1) is 0 Å². The zero-order chi connectivity index (χ0) is 22.0. The maximum Gasteiger partial charge on any atom is 0.255 e. The van der Waals surface area contributed by atoms with Crippen LogP contribution in [0.1, 0.15) is 27.3 Å². The third kappa shape index (κ3) is 4.34. The summed E-state index contributed by atoms with van der Waals surface area (Å²) in [7, 11) is 1.85. The minimum absolute atomic E-state index is 0.174. The molecule has 0 atom stereocenters. The molecule has 4 rings (SSSR count). The molecule has 2 N–H and O–H groups in total. The molecule has 0 fully saturated rings. The quantitative estimate of drug-likeness (QED) is 0.453. The summed E-state index contributed by atoms with van der Waals surface area (Å²) in [5.41, 5.74) is 5.35. The normalized spacial score (nSPS) is 10.9. The van der Waals surface area contributed by atoms with Crippen molar-refractivity contribution in [3.8, 4) is 16.9 Å². The smallest absolute Gasteiger partial charge is 0.255 e. The van der Waals surface area contributed by atoms with Gasteiger partial charge in [-0.05, 0) is 55.4 Å². The van der Waals surface area contributed by atoms with Crippen LogP contribution in [0.2, 0.25) is 0 Å². The zero-order valence-electron chi connectivity index (χ0n) is 17.7. The van der Waals surface area contributed by atoms with Crippen LogP contribution in [-0.2, 0) is 13.5 Å². The van der Waals surface area contributed by atoms with E-state index in [1.54, 1.807) is 15.4 Å². The lowest BCUT2D eigenvalue weighted by Gasteiger charge is -2.07. The van der Waals surface area contributed by atoms with Crippen LogP contribution in [-0.4, -0.2) is 37.0 Å². The van der Waals surface area contributed by atoms with E-state index in [1.165, 1.54) is 5.56 Å². The van der Waals surface area contributed by atoms with Gasteiger partial charge in [0.1, 0.15) is 11.5 Å². The summed E-state index contributed by atoms with van der Waals surface area (Å²) >= 11 is 5.14. The Morgan fingerprint density at radius 1 is 1.13 bits per heavy atom. The number of nitrogens with zero attached hydrogens (tertiary/aromatic N) is 4. The summed E-state index contributed by atoms with van der Waals surface area (Å²) in [6.45, 7) is 4.57. The summed E-state index contributed by atoms with van der Waals surface area (Å²) in [6.07, 6.45) is 2.35. The number of H-pyrrole nitrogens is 1. The average Bonchev–Trinajstić information content (AvgIpc) is 3.36. The molecule has 0 bridgehead atoms. The molecule has 7 nitrogen and oxygen atoms in total. The predicted octanol–water partition coefficient (Wildman–Crippen LogP) is 3.92. The molecule has 0 saturated carbocycles. The van der Waals surface area contributed by atoms with E-state index in [9.17, 15) is 4.79 Å². The van der Waals surface area contributed by atoms with E-state index >= 15 is 0 Å². The number of rotatable bonds is 6. The van der Waals surface area contributed by atoms with Crippen molar-refractivity contribution < 1.29 is 4.79 Å². The van der Waals surface area contributed by atoms with Crippen molar-refractivity contribution in [1.29, 1.82) is 0 Å². The molecule has 31 heavy (non-hydrogen) atoms. The van der Waals surface area contributed by atoms with E-state index in [1.807, 2.05) is 43.4 Å². The van der Waals surface area contributed by atoms with Crippen LogP contribution in [0.3, 0.4) is 0 Å². The molecule has 2 aromatic carbocycles. The Bertz CT molecular complexity index is 1290. The standard InChI is InChI=1S/C23H24N6OS/c1-15-9-10-17(13-16(15)2)21-19(14-29(27-21)18-7-5-4-6-8-18)22(30)24-12-11-20-25-26-23(31)28(20)3/h4-10,13-14H,11-12H2,1-3H3,(H,24,30)(H,26,31). The number of carbonyl (C=O) groups excluding carboxylic acids is 1. The lowest BCUT2D eigenvalue weighted by molar-refractivity contribution is 0.0954. The van der Waals surface area contributed by atoms with Gasteiger partial charge in [0.25, 0.3) is 5.91 Å². The molecular weight excluding hydrogens is 408 g/mol. The molecule has 0 unspecified atom stereocenters. The van der Waals surface area contributed by atoms with Crippen molar-refractivity contribution in [2.24, 2.45) is 7.05 Å². The maximum absolute atomic E-state index is 13.1. The van der Waals surface area contributed by atoms with Crippen LogP contribution in [0.25, 0.3) is 16.9 Å². The average molecular weight is 433 g/mol. The number of para-hydroxylation sites is 1. The van der Waals surface area contributed by atoms with Crippen LogP contribution in [0.5, 0.6) is 0 Å². The van der Waals surface area contributed by atoms with Crippen LogP contribution in [0, 0.1) is 18.6 Å². The van der Waals surface area contributed by atoms with Crippen molar-refractivity contribution in [2.75, 3.05) is 6.54 Å². The Hall–Kier alpha value is -3.52. The van der Waals surface area contributed by atoms with Gasteiger partial charge in [0, 0.05) is 31.8 Å². The summed E-state index contributed by atoms with van der Waals surface area (Å²) in [5, 5.41) is 14.7. The van der Waals surface area contributed by atoms with Gasteiger partial charge in [-0.1, -0.05) is 30.3 Å². The molecule has 0 saturated heterocycles. The molecule has 0 aliphatic rings. The molecule has 0 radical (unpaired) electrons. The summed E-state index contributed by atoms with van der Waals surface area (Å²) in [5.74, 6) is 0.617. The number of carbonyl (C=O) groups is 1. The molecule has 0 spiro atoms. The Labute approximate surface area is 185 Å². The van der Waals surface area contributed by atoms with E-state index in [4.69, 9.17) is 17.3 Å². The van der Waals surface area contributed by atoms with Crippen molar-refractivity contribution in [3.05, 3.63) is 82.0 Å². The first-order chi connectivity index (χ1) is 14.9. The van der Waals surface area contributed by atoms with Crippen LogP contribution < -0.4 is 5.32 Å². The number of benzene rings is 2. The first-order valence-corrected chi connectivity index (χ1v) is 10.5. The minimum atomic E-state index is -0.174. The second-order valence-corrected chi connectivity index (χ2v) is 7.87. The Morgan fingerprint density at radius 2 is 1.90 bits per heavy atom. The van der Waals surface area contributed by atoms with Crippen molar-refractivity contribution in [1.82, 2.24) is 29.9 Å². The molecule has 2 aromatic heterocycles. The van der Waals surface area contributed by atoms with E-state index in [2.05, 4.69) is 41.5 Å². The molecule has 2 heterocycles. The minimum Gasteiger partial charge on any atom is -0.351 e. The maximum atomic E-state index is 13.1. The molecule has 0 aliphatic carbocycles. The van der Waals surface area contributed by atoms with Gasteiger partial charge in [-0.3, -0.25) is 9.89 Å². The van der Waals surface area contributed by atoms with Crippen LogP contribution >= 0.6 is 12.2 Å². The van der Waals surface area contributed by atoms with Gasteiger partial charge in [0.05, 0.1) is 11.3 Å². The zero-order valence-corrected chi connectivity index (χ0v) is 18.5. The van der Waals surface area contributed by atoms with Gasteiger partial charge in [0.15, 0.2) is 4.77 Å². The van der Waals surface area contributed by atoms with E-state index in [0.29, 0.717) is 29.0 Å². The van der Waals surface area contributed by atoms with Gasteiger partial charge < -0.3 is 9.88 Å². The topological polar surface area (TPSA) is 80.5 Å². The van der Waals surface area contributed by atoms with Crippen molar-refractivity contribution in [2.45, 2.75) is 20.3 Å². The highest BCUT2D eigenvalue weighted by Gasteiger charge is 2.19. The number of hydrogen-bond donors (Lipinski definition) is 2. The molecule has 1 amide bonds. The Morgan fingerprint density at radius 3 is 2.58 bits per heavy atom. The number of amides is 1. The number of aromatic amines is 1. The van der Waals surface area contributed by atoms with E-state index in [-0.39, 0.29) is 5.91 Å². The summed E-state index contributed by atoms with van der Waals surface area (Å²) < 4.78 is 4.11. The van der Waals surface area contributed by atoms with Crippen molar-refractivity contribution in [3.63, 3.8) is 0 Å². The highest BCUT2D eigenvalue weighted by molar-refractivity contribution is 7.71. The van der Waals surface area contributed by atoms with E-state index < -0.39 is 0 Å². The first kappa shape index (κ1) is 20.7. The van der Waals surface area contributed by atoms with Crippen LogP contribution in [0.4, 0.5) is 0 Å². The SMILES string of the molecule is Cc1ccc(-c2nn(-c3ccccc3)cc2C(=O)NCCc2n[nH]c(=S)n2C)cc1C. The second kappa shape index (κ2) is 8.69. The predicted molar refractivity (Wildman–Crippen MR) is 123 cm³/mol. The number of aromatic nitrogens is 5. The lowest BCUT2D eigenvalue weighted by atomic mass is 10.0. The lowest BCUT2D eigenvalue weighted by Crippen LogP contribution is -2.26. The Kier molecular flexibility index (Phi) is 5.81. The first-order valence-electron chi connectivity index (χ1n) is 10.0. The monoisotopic (exact) mass is 432 g/mol. The molecule has 158 valence electrons. The Balaban J connectivity index is 1.63.